The van der Waals surface area contributed by atoms with Crippen molar-refractivity contribution >= 4 is 5.69 Å². The predicted molar refractivity (Wildman–Crippen MR) is 73.9 cm³/mol. The number of hydrogen-bond acceptors (Lipinski definition) is 3. The molecule has 1 atom stereocenters. The molecule has 0 aliphatic carbocycles. The lowest BCUT2D eigenvalue weighted by Gasteiger charge is -2.15. The van der Waals surface area contributed by atoms with Gasteiger partial charge >= 0.3 is 0 Å². The van der Waals surface area contributed by atoms with Gasteiger partial charge in [0, 0.05) is 18.4 Å². The molecule has 94 valence electrons. The summed E-state index contributed by atoms with van der Waals surface area (Å²) in [7, 11) is 0. The molecule has 18 heavy (non-hydrogen) atoms. The van der Waals surface area contributed by atoms with Crippen molar-refractivity contribution in [2.45, 2.75) is 26.3 Å². The zero-order valence-corrected chi connectivity index (χ0v) is 10.7. The topological polar surface area (TPSA) is 45.2 Å². The van der Waals surface area contributed by atoms with Crippen molar-refractivity contribution in [3.63, 3.8) is 0 Å². The second-order valence-electron chi connectivity index (χ2n) is 4.67. The standard InChI is InChI=1S/C15H18N2O/c1-11-7-14(10-16-9-11)17-12(2)8-13-3-5-15(18)6-4-13/h3-7,9-10,12,17-18H,8H2,1-2H3. The summed E-state index contributed by atoms with van der Waals surface area (Å²) < 4.78 is 0. The highest BCUT2D eigenvalue weighted by molar-refractivity contribution is 5.43. The Balaban J connectivity index is 1.96. The third-order valence-electron chi connectivity index (χ3n) is 2.77. The lowest BCUT2D eigenvalue weighted by atomic mass is 10.1. The van der Waals surface area contributed by atoms with Crippen LogP contribution in [0.3, 0.4) is 0 Å². The van der Waals surface area contributed by atoms with Gasteiger partial charge in [0.05, 0.1) is 5.69 Å². The number of aromatic nitrogens is 1. The highest BCUT2D eigenvalue weighted by Crippen LogP contribution is 2.14. The van der Waals surface area contributed by atoms with Gasteiger partial charge in [-0.15, -0.1) is 0 Å². The molecule has 0 bridgehead atoms. The maximum Gasteiger partial charge on any atom is 0.115 e. The van der Waals surface area contributed by atoms with Crippen molar-refractivity contribution in [1.29, 1.82) is 0 Å². The van der Waals surface area contributed by atoms with Crippen LogP contribution in [0.2, 0.25) is 0 Å². The molecule has 1 unspecified atom stereocenters. The number of pyridine rings is 1. The van der Waals surface area contributed by atoms with E-state index in [2.05, 4.69) is 23.3 Å². The highest BCUT2D eigenvalue weighted by Gasteiger charge is 2.04. The molecule has 0 aliphatic rings. The minimum atomic E-state index is 0.308. The average molecular weight is 242 g/mol. The fourth-order valence-electron chi connectivity index (χ4n) is 1.96. The van der Waals surface area contributed by atoms with Crippen molar-refractivity contribution in [3.8, 4) is 5.75 Å². The first-order valence-electron chi connectivity index (χ1n) is 6.09. The Labute approximate surface area is 108 Å². The molecule has 0 aliphatic heterocycles. The van der Waals surface area contributed by atoms with Crippen LogP contribution >= 0.6 is 0 Å². The maximum absolute atomic E-state index is 9.23. The summed E-state index contributed by atoms with van der Waals surface area (Å²) in [5, 5.41) is 12.7. The molecule has 2 N–H and O–H groups in total. The van der Waals surface area contributed by atoms with Crippen molar-refractivity contribution in [2.24, 2.45) is 0 Å². The Bertz CT molecular complexity index is 508. The van der Waals surface area contributed by atoms with Crippen LogP contribution in [0.25, 0.3) is 0 Å². The fraction of sp³-hybridized carbons (Fsp3) is 0.267. The summed E-state index contributed by atoms with van der Waals surface area (Å²) in [5.41, 5.74) is 3.39. The molecule has 1 heterocycles. The average Bonchev–Trinajstić information content (AvgIpc) is 2.32. The van der Waals surface area contributed by atoms with Crippen molar-refractivity contribution in [3.05, 3.63) is 53.9 Å². The van der Waals surface area contributed by atoms with Crippen LogP contribution in [0, 0.1) is 6.92 Å². The molecular weight excluding hydrogens is 224 g/mol. The van der Waals surface area contributed by atoms with Crippen LogP contribution in [0.5, 0.6) is 5.75 Å². The van der Waals surface area contributed by atoms with E-state index in [1.807, 2.05) is 31.5 Å². The van der Waals surface area contributed by atoms with E-state index in [0.717, 1.165) is 17.7 Å². The van der Waals surface area contributed by atoms with E-state index in [9.17, 15) is 5.11 Å². The van der Waals surface area contributed by atoms with Gasteiger partial charge in [-0.1, -0.05) is 12.1 Å². The molecule has 0 radical (unpaired) electrons. The number of nitrogens with zero attached hydrogens (tertiary/aromatic N) is 1. The first kappa shape index (κ1) is 12.4. The van der Waals surface area contributed by atoms with Crippen LogP contribution in [0.15, 0.2) is 42.7 Å². The molecule has 0 saturated heterocycles. The van der Waals surface area contributed by atoms with E-state index >= 15 is 0 Å². The Morgan fingerprint density at radius 1 is 1.22 bits per heavy atom. The van der Waals surface area contributed by atoms with Crippen LogP contribution in [-0.2, 0) is 6.42 Å². The Hall–Kier alpha value is -2.03. The first-order chi connectivity index (χ1) is 8.63. The van der Waals surface area contributed by atoms with E-state index in [0.29, 0.717) is 11.8 Å². The molecule has 3 heteroatoms. The summed E-state index contributed by atoms with van der Waals surface area (Å²) in [5.74, 6) is 0.308. The summed E-state index contributed by atoms with van der Waals surface area (Å²) >= 11 is 0. The van der Waals surface area contributed by atoms with Gasteiger partial charge < -0.3 is 10.4 Å². The molecule has 2 aromatic rings. The molecular formula is C15H18N2O. The monoisotopic (exact) mass is 242 g/mol. The number of phenols is 1. The number of aryl methyl sites for hydroxylation is 1. The van der Waals surface area contributed by atoms with Crippen LogP contribution in [-0.4, -0.2) is 16.1 Å². The van der Waals surface area contributed by atoms with Gasteiger partial charge in [-0.3, -0.25) is 4.98 Å². The molecule has 0 amide bonds. The molecule has 1 aromatic heterocycles. The third kappa shape index (κ3) is 3.48. The molecule has 0 spiro atoms. The molecule has 0 saturated carbocycles. The Morgan fingerprint density at radius 3 is 2.61 bits per heavy atom. The Kier molecular flexibility index (Phi) is 3.82. The molecule has 2 rings (SSSR count). The van der Waals surface area contributed by atoms with Gasteiger partial charge in [0.2, 0.25) is 0 Å². The minimum absolute atomic E-state index is 0.308. The van der Waals surface area contributed by atoms with E-state index in [1.165, 1.54) is 5.56 Å². The number of hydrogen-bond donors (Lipinski definition) is 2. The number of nitrogens with one attached hydrogen (secondary N) is 1. The van der Waals surface area contributed by atoms with Crippen molar-refractivity contribution < 1.29 is 5.11 Å². The highest BCUT2D eigenvalue weighted by atomic mass is 16.3. The van der Waals surface area contributed by atoms with Gasteiger partial charge in [-0.25, -0.2) is 0 Å². The van der Waals surface area contributed by atoms with Gasteiger partial charge in [0.1, 0.15) is 5.75 Å². The summed E-state index contributed by atoms with van der Waals surface area (Å²) in [6.07, 6.45) is 4.59. The predicted octanol–water partition coefficient (Wildman–Crippen LogP) is 3.14. The maximum atomic E-state index is 9.23. The summed E-state index contributed by atoms with van der Waals surface area (Å²) in [6, 6.07) is 9.73. The SMILES string of the molecule is Cc1cncc(NC(C)Cc2ccc(O)cc2)c1. The number of anilines is 1. The van der Waals surface area contributed by atoms with E-state index in [4.69, 9.17) is 0 Å². The normalized spacial score (nSPS) is 12.1. The zero-order valence-electron chi connectivity index (χ0n) is 10.7. The lowest BCUT2D eigenvalue weighted by Crippen LogP contribution is -2.18. The second kappa shape index (κ2) is 5.54. The van der Waals surface area contributed by atoms with Crippen LogP contribution < -0.4 is 5.32 Å². The quantitative estimate of drug-likeness (QED) is 0.865. The minimum Gasteiger partial charge on any atom is -0.508 e. The molecule has 3 nitrogen and oxygen atoms in total. The second-order valence-corrected chi connectivity index (χ2v) is 4.67. The van der Waals surface area contributed by atoms with Gasteiger partial charge in [0.25, 0.3) is 0 Å². The number of aromatic hydroxyl groups is 1. The number of benzene rings is 1. The number of rotatable bonds is 4. The van der Waals surface area contributed by atoms with Crippen LogP contribution in [0.4, 0.5) is 5.69 Å². The largest absolute Gasteiger partial charge is 0.508 e. The van der Waals surface area contributed by atoms with Crippen molar-refractivity contribution in [2.75, 3.05) is 5.32 Å². The van der Waals surface area contributed by atoms with Gasteiger partial charge in [-0.05, 0) is 49.6 Å². The van der Waals surface area contributed by atoms with Gasteiger partial charge in [0.15, 0.2) is 0 Å². The number of phenolic OH excluding ortho intramolecular Hbond substituents is 1. The van der Waals surface area contributed by atoms with Gasteiger partial charge in [-0.2, -0.15) is 0 Å². The van der Waals surface area contributed by atoms with Crippen LogP contribution in [0.1, 0.15) is 18.1 Å². The lowest BCUT2D eigenvalue weighted by molar-refractivity contribution is 0.475. The van der Waals surface area contributed by atoms with E-state index in [-0.39, 0.29) is 0 Å². The first-order valence-corrected chi connectivity index (χ1v) is 6.09. The summed E-state index contributed by atoms with van der Waals surface area (Å²) in [6.45, 7) is 4.16. The molecule has 0 fully saturated rings. The molecule has 1 aromatic carbocycles. The van der Waals surface area contributed by atoms with E-state index < -0.39 is 0 Å². The third-order valence-corrected chi connectivity index (χ3v) is 2.77. The summed E-state index contributed by atoms with van der Waals surface area (Å²) in [4.78, 5) is 4.16. The fourth-order valence-corrected chi connectivity index (χ4v) is 1.96. The zero-order chi connectivity index (χ0) is 13.0. The van der Waals surface area contributed by atoms with Crippen molar-refractivity contribution in [1.82, 2.24) is 4.98 Å². The van der Waals surface area contributed by atoms with E-state index in [1.54, 1.807) is 12.1 Å². The Morgan fingerprint density at radius 2 is 1.94 bits per heavy atom. The smallest absolute Gasteiger partial charge is 0.115 e.